The van der Waals surface area contributed by atoms with Gasteiger partial charge in [-0.25, -0.2) is 4.39 Å². The first-order chi connectivity index (χ1) is 16.4. The van der Waals surface area contributed by atoms with Crippen LogP contribution in [0.1, 0.15) is 36.5 Å². The first-order valence-corrected chi connectivity index (χ1v) is 11.2. The predicted octanol–water partition coefficient (Wildman–Crippen LogP) is 5.39. The van der Waals surface area contributed by atoms with Gasteiger partial charge in [-0.2, -0.15) is 0 Å². The Morgan fingerprint density at radius 1 is 0.912 bits per heavy atom. The number of halogens is 1. The average molecular weight is 459 g/mol. The van der Waals surface area contributed by atoms with E-state index in [2.05, 4.69) is 19.2 Å². The number of carbonyl (C=O) groups excluding carboxylic acids is 2. The van der Waals surface area contributed by atoms with Crippen molar-refractivity contribution < 1.29 is 18.7 Å². The fourth-order valence-corrected chi connectivity index (χ4v) is 3.98. The van der Waals surface area contributed by atoms with Crippen molar-refractivity contribution in [3.05, 3.63) is 101 Å². The van der Waals surface area contributed by atoms with Gasteiger partial charge in [-0.1, -0.05) is 56.3 Å². The van der Waals surface area contributed by atoms with E-state index in [1.807, 2.05) is 30.3 Å². The highest BCUT2D eigenvalue weighted by molar-refractivity contribution is 6.37. The molecule has 0 aromatic heterocycles. The Hall–Kier alpha value is -3.93. The van der Waals surface area contributed by atoms with Crippen molar-refractivity contribution in [3.8, 4) is 5.75 Å². The van der Waals surface area contributed by atoms with Crippen molar-refractivity contribution >= 4 is 23.1 Å². The van der Waals surface area contributed by atoms with Crippen molar-refractivity contribution in [2.45, 2.75) is 26.2 Å². The smallest absolute Gasteiger partial charge is 0.278 e. The summed E-state index contributed by atoms with van der Waals surface area (Å²) in [7, 11) is 1.53. The minimum absolute atomic E-state index is 0.180. The number of hydrogen-bond acceptors (Lipinski definition) is 4. The van der Waals surface area contributed by atoms with Crippen LogP contribution in [0, 0.1) is 5.82 Å². The van der Waals surface area contributed by atoms with Gasteiger partial charge in [0.05, 0.1) is 12.7 Å². The molecule has 1 aliphatic heterocycles. The molecule has 3 aromatic rings. The molecule has 0 saturated heterocycles. The molecule has 174 valence electrons. The quantitative estimate of drug-likeness (QED) is 0.460. The van der Waals surface area contributed by atoms with Crippen LogP contribution >= 0.6 is 0 Å². The average Bonchev–Trinajstić information content (AvgIpc) is 3.07. The van der Waals surface area contributed by atoms with Gasteiger partial charge in [0.2, 0.25) is 0 Å². The molecule has 0 saturated carbocycles. The van der Waals surface area contributed by atoms with E-state index in [9.17, 15) is 14.0 Å². The van der Waals surface area contributed by atoms with Crippen molar-refractivity contribution in [1.82, 2.24) is 4.90 Å². The van der Waals surface area contributed by atoms with Crippen LogP contribution in [0.3, 0.4) is 0 Å². The van der Waals surface area contributed by atoms with Crippen LogP contribution in [0.15, 0.2) is 78.5 Å². The van der Waals surface area contributed by atoms with Gasteiger partial charge < -0.3 is 10.1 Å². The summed E-state index contributed by atoms with van der Waals surface area (Å²) in [5.74, 6) is -0.228. The van der Waals surface area contributed by atoms with Gasteiger partial charge in [-0.3, -0.25) is 14.5 Å². The van der Waals surface area contributed by atoms with Gasteiger partial charge in [-0.15, -0.1) is 0 Å². The number of ether oxygens (including phenoxy) is 1. The van der Waals surface area contributed by atoms with E-state index in [0.29, 0.717) is 29.3 Å². The van der Waals surface area contributed by atoms with Crippen LogP contribution in [0.2, 0.25) is 0 Å². The maximum Gasteiger partial charge on any atom is 0.278 e. The zero-order chi connectivity index (χ0) is 24.2. The first-order valence-electron chi connectivity index (χ1n) is 11.2. The Morgan fingerprint density at radius 3 is 2.24 bits per heavy atom. The zero-order valence-electron chi connectivity index (χ0n) is 19.5. The summed E-state index contributed by atoms with van der Waals surface area (Å²) < 4.78 is 18.7. The van der Waals surface area contributed by atoms with Gasteiger partial charge in [0.1, 0.15) is 17.3 Å². The fraction of sp³-hybridized carbons (Fsp3) is 0.214. The van der Waals surface area contributed by atoms with Crippen LogP contribution < -0.4 is 10.1 Å². The number of nitrogens with one attached hydrogen (secondary N) is 1. The van der Waals surface area contributed by atoms with E-state index in [4.69, 9.17) is 4.74 Å². The third kappa shape index (κ3) is 4.71. The third-order valence-corrected chi connectivity index (χ3v) is 5.93. The van der Waals surface area contributed by atoms with Crippen LogP contribution in [0.5, 0.6) is 5.75 Å². The Morgan fingerprint density at radius 2 is 1.59 bits per heavy atom. The number of imide groups is 1. The molecule has 0 atom stereocenters. The second-order valence-electron chi connectivity index (χ2n) is 8.49. The molecule has 0 aliphatic carbocycles. The number of carbonyl (C=O) groups is 2. The summed E-state index contributed by atoms with van der Waals surface area (Å²) in [5, 5.41) is 3.19. The number of rotatable bonds is 8. The van der Waals surface area contributed by atoms with Crippen LogP contribution in [0.25, 0.3) is 5.57 Å². The number of benzene rings is 3. The highest BCUT2D eigenvalue weighted by atomic mass is 19.1. The number of amides is 2. The molecule has 0 unspecified atom stereocenters. The maximum atomic E-state index is 13.5. The Kier molecular flexibility index (Phi) is 6.77. The van der Waals surface area contributed by atoms with Crippen LogP contribution in [-0.2, 0) is 16.0 Å². The topological polar surface area (TPSA) is 58.6 Å². The monoisotopic (exact) mass is 458 g/mol. The van der Waals surface area contributed by atoms with Gasteiger partial charge in [-0.05, 0) is 53.8 Å². The number of nitrogens with zero attached hydrogens (tertiary/aromatic N) is 1. The van der Waals surface area contributed by atoms with E-state index in [-0.39, 0.29) is 23.6 Å². The molecule has 0 radical (unpaired) electrons. The van der Waals surface area contributed by atoms with Crippen molar-refractivity contribution in [3.63, 3.8) is 0 Å². The first kappa shape index (κ1) is 23.2. The molecule has 1 N–H and O–H groups in total. The second kappa shape index (κ2) is 9.91. The highest BCUT2D eigenvalue weighted by Gasteiger charge is 2.40. The summed E-state index contributed by atoms with van der Waals surface area (Å²) >= 11 is 0. The van der Waals surface area contributed by atoms with Gasteiger partial charge in [0.15, 0.2) is 0 Å². The summed E-state index contributed by atoms with van der Waals surface area (Å²) in [5.41, 5.74) is 3.77. The molecule has 5 nitrogen and oxygen atoms in total. The van der Waals surface area contributed by atoms with E-state index >= 15 is 0 Å². The Bertz CT molecular complexity index is 1230. The molecule has 3 aromatic carbocycles. The lowest BCUT2D eigenvalue weighted by atomic mass is 10.0. The molecule has 0 fully saturated rings. The summed E-state index contributed by atoms with van der Waals surface area (Å²) in [4.78, 5) is 28.2. The minimum atomic E-state index is -0.402. The predicted molar refractivity (Wildman–Crippen MR) is 131 cm³/mol. The SMILES string of the molecule is COc1ccccc1C1=C(Nc2ccc(C(C)C)cc2)C(=O)N(CCc2ccc(F)cc2)C1=O. The molecule has 0 spiro atoms. The van der Waals surface area contributed by atoms with E-state index in [1.54, 1.807) is 30.3 Å². The largest absolute Gasteiger partial charge is 0.496 e. The van der Waals surface area contributed by atoms with Gasteiger partial charge >= 0.3 is 0 Å². The molecule has 6 heteroatoms. The van der Waals surface area contributed by atoms with Crippen molar-refractivity contribution in [1.29, 1.82) is 0 Å². The lowest BCUT2D eigenvalue weighted by Crippen LogP contribution is -2.34. The molecular weight excluding hydrogens is 431 g/mol. The number of methoxy groups -OCH3 is 1. The fourth-order valence-electron chi connectivity index (χ4n) is 3.98. The van der Waals surface area contributed by atoms with Gasteiger partial charge in [0, 0.05) is 17.8 Å². The van der Waals surface area contributed by atoms with E-state index < -0.39 is 11.8 Å². The number of hydrogen-bond donors (Lipinski definition) is 1. The van der Waals surface area contributed by atoms with Crippen LogP contribution in [-0.4, -0.2) is 30.4 Å². The lowest BCUT2D eigenvalue weighted by molar-refractivity contribution is -0.136. The summed E-state index contributed by atoms with van der Waals surface area (Å²) in [6.45, 7) is 4.41. The molecule has 4 rings (SSSR count). The second-order valence-corrected chi connectivity index (χ2v) is 8.49. The zero-order valence-corrected chi connectivity index (χ0v) is 19.5. The Balaban J connectivity index is 1.68. The van der Waals surface area contributed by atoms with Crippen LogP contribution in [0.4, 0.5) is 10.1 Å². The normalized spacial score (nSPS) is 13.7. The summed E-state index contributed by atoms with van der Waals surface area (Å²) in [6, 6.07) is 21.0. The number of para-hydroxylation sites is 1. The van der Waals surface area contributed by atoms with E-state index in [1.165, 1.54) is 29.7 Å². The molecule has 2 amide bonds. The van der Waals surface area contributed by atoms with E-state index in [0.717, 1.165) is 5.56 Å². The maximum absolute atomic E-state index is 13.5. The Labute approximate surface area is 198 Å². The van der Waals surface area contributed by atoms with Crippen molar-refractivity contribution in [2.24, 2.45) is 0 Å². The molecule has 0 bridgehead atoms. The molecule has 1 aliphatic rings. The molecule has 1 heterocycles. The molecular formula is C28H27FN2O3. The van der Waals surface area contributed by atoms with Crippen molar-refractivity contribution in [2.75, 3.05) is 19.0 Å². The lowest BCUT2D eigenvalue weighted by Gasteiger charge is -2.15. The minimum Gasteiger partial charge on any atom is -0.496 e. The standard InChI is InChI=1S/C28H27FN2O3/c1-18(2)20-10-14-22(15-11-20)30-26-25(23-6-4-5-7-24(23)34-3)27(32)31(28(26)33)17-16-19-8-12-21(29)13-9-19/h4-15,18,30H,16-17H2,1-3H3. The highest BCUT2D eigenvalue weighted by Crippen LogP contribution is 2.35. The number of anilines is 1. The summed E-state index contributed by atoms with van der Waals surface area (Å²) in [6.07, 6.45) is 0.424. The molecule has 34 heavy (non-hydrogen) atoms. The third-order valence-electron chi connectivity index (χ3n) is 5.93. The van der Waals surface area contributed by atoms with Gasteiger partial charge in [0.25, 0.3) is 11.8 Å².